The van der Waals surface area contributed by atoms with E-state index in [9.17, 15) is 4.79 Å². The van der Waals surface area contributed by atoms with E-state index in [1.807, 2.05) is 12.1 Å². The lowest BCUT2D eigenvalue weighted by molar-refractivity contribution is -0.211. The predicted octanol–water partition coefficient (Wildman–Crippen LogP) is 5.46. The molecule has 0 spiro atoms. The Hall–Kier alpha value is -1.21. The first kappa shape index (κ1) is 21.1. The number of carbonyl (C=O) groups is 1. The summed E-state index contributed by atoms with van der Waals surface area (Å²) in [7, 11) is 1.50. The Bertz CT molecular complexity index is 774. The van der Waals surface area contributed by atoms with Crippen molar-refractivity contribution in [3.63, 3.8) is 0 Å². The van der Waals surface area contributed by atoms with E-state index in [1.165, 1.54) is 25.8 Å². The number of carbonyl (C=O) groups excluding carboxylic acids is 1. The number of aromatic amines is 1. The van der Waals surface area contributed by atoms with Crippen LogP contribution in [0.1, 0.15) is 45.1 Å². The fourth-order valence-corrected chi connectivity index (χ4v) is 4.23. The second-order valence-electron chi connectivity index (χ2n) is 6.37. The first-order valence-electron chi connectivity index (χ1n) is 8.09. The maximum atomic E-state index is 11.3. The maximum Gasteiger partial charge on any atom is 0.305 e. The second kappa shape index (κ2) is 8.65. The molecule has 1 atom stereocenters. The molecule has 2 aromatic rings. The molecule has 0 aliphatic rings. The van der Waals surface area contributed by atoms with Crippen LogP contribution >= 0.6 is 35.0 Å². The van der Waals surface area contributed by atoms with E-state index >= 15 is 0 Å². The fraction of sp³-hybridized carbons (Fsp3) is 0.444. The largest absolute Gasteiger partial charge is 0.433 e. The number of ether oxygens (including phenoxy) is 2. The molecule has 1 aromatic carbocycles. The van der Waals surface area contributed by atoms with E-state index in [0.717, 1.165) is 15.6 Å². The van der Waals surface area contributed by atoms with Gasteiger partial charge in [-0.2, -0.15) is 0 Å². The van der Waals surface area contributed by atoms with Crippen LogP contribution in [0.2, 0.25) is 10.0 Å². The lowest BCUT2D eigenvalue weighted by atomic mass is 10.1. The van der Waals surface area contributed by atoms with Crippen molar-refractivity contribution in [3.05, 3.63) is 39.8 Å². The van der Waals surface area contributed by atoms with Gasteiger partial charge in [-0.1, -0.05) is 48.8 Å². The molecular weight excluding hydrogens is 395 g/mol. The summed E-state index contributed by atoms with van der Waals surface area (Å²) in [4.78, 5) is 20.2. The Kier molecular flexibility index (Phi) is 7.02. The van der Waals surface area contributed by atoms with Crippen LogP contribution in [0.3, 0.4) is 0 Å². The van der Waals surface area contributed by atoms with Crippen LogP contribution in [0.4, 0.5) is 0 Å². The molecule has 1 aromatic heterocycles. The maximum absolute atomic E-state index is 11.3. The summed E-state index contributed by atoms with van der Waals surface area (Å²) in [5.74, 6) is -0.585. The van der Waals surface area contributed by atoms with Gasteiger partial charge in [-0.15, -0.1) is 0 Å². The molecule has 0 saturated carbocycles. The number of imidazole rings is 1. The number of benzene rings is 1. The van der Waals surface area contributed by atoms with Crippen LogP contribution in [0.5, 0.6) is 0 Å². The van der Waals surface area contributed by atoms with Crippen LogP contribution in [0.25, 0.3) is 0 Å². The Morgan fingerprint density at radius 2 is 1.92 bits per heavy atom. The first-order chi connectivity index (χ1) is 12.1. The van der Waals surface area contributed by atoms with Crippen molar-refractivity contribution in [2.24, 2.45) is 0 Å². The number of methoxy groups -OCH3 is 1. The highest BCUT2D eigenvalue weighted by Crippen LogP contribution is 2.35. The molecule has 5 nitrogen and oxygen atoms in total. The molecule has 8 heteroatoms. The van der Waals surface area contributed by atoms with Crippen molar-refractivity contribution < 1.29 is 14.3 Å². The van der Waals surface area contributed by atoms with Gasteiger partial charge in [0.2, 0.25) is 5.79 Å². The zero-order chi connectivity index (χ0) is 19.5. The minimum atomic E-state index is -1.08. The topological polar surface area (TPSA) is 64.2 Å². The van der Waals surface area contributed by atoms with Gasteiger partial charge < -0.3 is 14.5 Å². The van der Waals surface area contributed by atoms with Crippen molar-refractivity contribution >= 4 is 40.9 Å². The Labute approximate surface area is 167 Å². The van der Waals surface area contributed by atoms with Crippen LogP contribution < -0.4 is 0 Å². The van der Waals surface area contributed by atoms with Crippen molar-refractivity contribution in [2.75, 3.05) is 7.11 Å². The number of halogens is 2. The van der Waals surface area contributed by atoms with E-state index in [2.05, 4.69) is 23.8 Å². The summed E-state index contributed by atoms with van der Waals surface area (Å²) in [6.45, 7) is 7.21. The molecule has 1 heterocycles. The van der Waals surface area contributed by atoms with Gasteiger partial charge in [0.25, 0.3) is 0 Å². The number of hydrogen-bond donors (Lipinski definition) is 1. The number of hydrogen-bond acceptors (Lipinski definition) is 5. The molecule has 2 rings (SSSR count). The number of aromatic nitrogens is 2. The number of esters is 1. The molecule has 0 amide bonds. The Morgan fingerprint density at radius 1 is 1.31 bits per heavy atom. The van der Waals surface area contributed by atoms with E-state index in [0.29, 0.717) is 22.3 Å². The minimum Gasteiger partial charge on any atom is -0.433 e. The monoisotopic (exact) mass is 416 g/mol. The average Bonchev–Trinajstić information content (AvgIpc) is 2.87. The van der Waals surface area contributed by atoms with Crippen LogP contribution in [0, 0.1) is 0 Å². The quantitative estimate of drug-likeness (QED) is 0.479. The molecule has 1 N–H and O–H groups in total. The van der Waals surface area contributed by atoms with Gasteiger partial charge in [0.05, 0.1) is 12.1 Å². The van der Waals surface area contributed by atoms with Crippen molar-refractivity contribution in [1.29, 1.82) is 0 Å². The van der Waals surface area contributed by atoms with Crippen molar-refractivity contribution in [3.8, 4) is 0 Å². The normalized spacial score (nSPS) is 13.7. The molecule has 0 fully saturated rings. The van der Waals surface area contributed by atoms with E-state index in [1.54, 1.807) is 13.0 Å². The van der Waals surface area contributed by atoms with E-state index in [4.69, 9.17) is 32.7 Å². The van der Waals surface area contributed by atoms with Crippen LogP contribution in [-0.2, 0) is 20.7 Å². The third-order valence-electron chi connectivity index (χ3n) is 3.65. The summed E-state index contributed by atoms with van der Waals surface area (Å²) in [5.41, 5.74) is 0.988. The summed E-state index contributed by atoms with van der Waals surface area (Å²) in [6.07, 6.45) is 0.305. The molecule has 0 aliphatic heterocycles. The lowest BCUT2D eigenvalue weighted by Gasteiger charge is -2.26. The zero-order valence-electron chi connectivity index (χ0n) is 15.4. The summed E-state index contributed by atoms with van der Waals surface area (Å²) in [6, 6.07) is 5.37. The molecule has 0 saturated heterocycles. The molecule has 0 bridgehead atoms. The fourth-order valence-electron chi connectivity index (χ4n) is 2.43. The Balaban J connectivity index is 2.31. The standard InChI is InChI=1S/C18H22Cl2N2O3S/c1-10(2)16-17(26-14-7-12(19)6-13(20)8-14)22-15(21-16)9-18(4,24-5)25-11(3)23/h6-8,10H,9H2,1-5H3,(H,21,22). The van der Waals surface area contributed by atoms with Gasteiger partial charge in [0, 0.05) is 35.9 Å². The highest BCUT2D eigenvalue weighted by molar-refractivity contribution is 7.99. The molecule has 26 heavy (non-hydrogen) atoms. The predicted molar refractivity (Wildman–Crippen MR) is 104 cm³/mol. The van der Waals surface area contributed by atoms with Crippen LogP contribution in [-0.4, -0.2) is 28.8 Å². The number of nitrogens with one attached hydrogen (secondary N) is 1. The second-order valence-corrected chi connectivity index (χ2v) is 8.31. The summed E-state index contributed by atoms with van der Waals surface area (Å²) in [5, 5.41) is 1.97. The molecular formula is C18H22Cl2N2O3S. The molecule has 0 aliphatic carbocycles. The smallest absolute Gasteiger partial charge is 0.305 e. The number of nitrogens with zero attached hydrogens (tertiary/aromatic N) is 1. The van der Waals surface area contributed by atoms with E-state index < -0.39 is 11.8 Å². The summed E-state index contributed by atoms with van der Waals surface area (Å²) >= 11 is 13.7. The first-order valence-corrected chi connectivity index (χ1v) is 9.66. The third-order valence-corrected chi connectivity index (χ3v) is 5.07. The van der Waals surface area contributed by atoms with Crippen LogP contribution in [0.15, 0.2) is 28.1 Å². The lowest BCUT2D eigenvalue weighted by Crippen LogP contribution is -2.35. The van der Waals surface area contributed by atoms with Gasteiger partial charge in [-0.05, 0) is 24.1 Å². The van der Waals surface area contributed by atoms with Crippen molar-refractivity contribution in [2.45, 2.75) is 55.7 Å². The minimum absolute atomic E-state index is 0.232. The van der Waals surface area contributed by atoms with Gasteiger partial charge in [0.15, 0.2) is 0 Å². The van der Waals surface area contributed by atoms with Gasteiger partial charge >= 0.3 is 5.97 Å². The number of H-pyrrole nitrogens is 1. The SMILES string of the molecule is COC(C)(Cc1nc(Sc2cc(Cl)cc(Cl)c2)c(C(C)C)[nH]1)OC(C)=O. The highest BCUT2D eigenvalue weighted by Gasteiger charge is 2.30. The number of rotatable bonds is 7. The van der Waals surface area contributed by atoms with Gasteiger partial charge in [-0.25, -0.2) is 4.98 Å². The average molecular weight is 417 g/mol. The highest BCUT2D eigenvalue weighted by atomic mass is 35.5. The summed E-state index contributed by atoms with van der Waals surface area (Å²) < 4.78 is 10.7. The molecule has 0 radical (unpaired) electrons. The third kappa shape index (κ3) is 5.64. The van der Waals surface area contributed by atoms with Crippen molar-refractivity contribution in [1.82, 2.24) is 9.97 Å². The Morgan fingerprint density at radius 3 is 2.42 bits per heavy atom. The molecule has 142 valence electrons. The van der Waals surface area contributed by atoms with Gasteiger partial charge in [0.1, 0.15) is 10.9 Å². The van der Waals surface area contributed by atoms with E-state index in [-0.39, 0.29) is 5.92 Å². The van der Waals surface area contributed by atoms with Gasteiger partial charge in [-0.3, -0.25) is 4.79 Å². The molecule has 1 unspecified atom stereocenters. The zero-order valence-corrected chi connectivity index (χ0v) is 17.7.